The Morgan fingerprint density at radius 1 is 1.09 bits per heavy atom. The molecule has 0 atom stereocenters. The van der Waals surface area contributed by atoms with Gasteiger partial charge in [0.25, 0.3) is 0 Å². The van der Waals surface area contributed by atoms with Gasteiger partial charge in [-0.05, 0) is 19.1 Å². The summed E-state index contributed by atoms with van der Waals surface area (Å²) < 4.78 is 10.0. The summed E-state index contributed by atoms with van der Waals surface area (Å²) in [5.74, 6) is -3.80. The number of hydrogen-bond acceptors (Lipinski definition) is 11. The second kappa shape index (κ2) is 13.9. The third kappa shape index (κ3) is 10.0. The number of amides is 1. The van der Waals surface area contributed by atoms with Crippen molar-refractivity contribution >= 4 is 46.1 Å². The second-order valence-corrected chi connectivity index (χ2v) is 8.10. The van der Waals surface area contributed by atoms with Crippen LogP contribution in [0, 0.1) is 0 Å². The molecule has 3 rings (SSSR count). The molecule has 1 fully saturated rings. The van der Waals surface area contributed by atoms with Gasteiger partial charge >= 0.3 is 17.9 Å². The van der Waals surface area contributed by atoms with E-state index >= 15 is 0 Å². The van der Waals surface area contributed by atoms with Crippen LogP contribution >= 0.6 is 11.3 Å². The van der Waals surface area contributed by atoms with Crippen LogP contribution in [0.15, 0.2) is 28.2 Å². The van der Waals surface area contributed by atoms with Gasteiger partial charge in [0.1, 0.15) is 0 Å². The number of anilines is 1. The first-order chi connectivity index (χ1) is 16.7. The van der Waals surface area contributed by atoms with Crippen LogP contribution in [0.2, 0.25) is 0 Å². The number of Topliss-reactive ketones (excluding diaryl/α,β-unsaturated/α-hetero) is 1. The maximum Gasteiger partial charge on any atom is 0.414 e. The Balaban J connectivity index is 0.000000641. The van der Waals surface area contributed by atoms with Crippen LogP contribution in [0.1, 0.15) is 23.2 Å². The number of piperazine rings is 1. The number of aliphatic carboxylic acids is 2. The molecule has 0 radical (unpaired) electrons. The first-order valence-corrected chi connectivity index (χ1v) is 11.4. The average Bonchev–Trinajstić information content (AvgIpc) is 3.48. The number of rotatable bonds is 9. The Morgan fingerprint density at radius 3 is 2.26 bits per heavy atom. The third-order valence-electron chi connectivity index (χ3n) is 4.61. The zero-order valence-electron chi connectivity index (χ0n) is 19.0. The van der Waals surface area contributed by atoms with Gasteiger partial charge in [0, 0.05) is 31.6 Å². The summed E-state index contributed by atoms with van der Waals surface area (Å²) in [6.07, 6.45) is 1.59. The highest BCUT2D eigenvalue weighted by Gasteiger charge is 2.22. The van der Waals surface area contributed by atoms with E-state index in [1.54, 1.807) is 24.4 Å². The van der Waals surface area contributed by atoms with Gasteiger partial charge in [0.05, 0.1) is 38.1 Å². The number of carbonyl (C=O) groups is 5. The fourth-order valence-corrected chi connectivity index (χ4v) is 3.72. The van der Waals surface area contributed by atoms with Crippen molar-refractivity contribution in [1.82, 2.24) is 14.8 Å². The van der Waals surface area contributed by atoms with Crippen molar-refractivity contribution in [2.45, 2.75) is 13.3 Å². The molecule has 2 aromatic heterocycles. The predicted octanol–water partition coefficient (Wildman–Crippen LogP) is 0.436. The molecular formula is C21H26N4O9S. The monoisotopic (exact) mass is 510 g/mol. The van der Waals surface area contributed by atoms with E-state index in [0.717, 1.165) is 0 Å². The lowest BCUT2D eigenvalue weighted by atomic mass is 10.2. The molecule has 1 aliphatic heterocycles. The maximum atomic E-state index is 12.3. The second-order valence-electron chi connectivity index (χ2n) is 7.24. The van der Waals surface area contributed by atoms with E-state index in [1.165, 1.54) is 17.6 Å². The highest BCUT2D eigenvalue weighted by atomic mass is 32.1. The molecule has 3 N–H and O–H groups in total. The van der Waals surface area contributed by atoms with Gasteiger partial charge in [0.15, 0.2) is 10.9 Å². The predicted molar refractivity (Wildman–Crippen MR) is 122 cm³/mol. The lowest BCUT2D eigenvalue weighted by Crippen LogP contribution is -2.49. The molecule has 190 valence electrons. The molecule has 13 nitrogen and oxygen atoms in total. The van der Waals surface area contributed by atoms with Crippen molar-refractivity contribution in [2.24, 2.45) is 0 Å². The average molecular weight is 511 g/mol. The van der Waals surface area contributed by atoms with Crippen molar-refractivity contribution in [3.05, 3.63) is 35.2 Å². The van der Waals surface area contributed by atoms with E-state index in [4.69, 9.17) is 29.0 Å². The highest BCUT2D eigenvalue weighted by molar-refractivity contribution is 7.13. The van der Waals surface area contributed by atoms with E-state index in [0.29, 0.717) is 55.9 Å². The zero-order chi connectivity index (χ0) is 25.8. The topological polar surface area (TPSA) is 180 Å². The molecule has 1 amide bonds. The van der Waals surface area contributed by atoms with Crippen LogP contribution in [-0.2, 0) is 30.3 Å². The summed E-state index contributed by atoms with van der Waals surface area (Å²) in [6, 6.07) is 3.37. The van der Waals surface area contributed by atoms with Gasteiger partial charge in [-0.3, -0.25) is 24.2 Å². The summed E-state index contributed by atoms with van der Waals surface area (Å²) in [7, 11) is 0. The fraction of sp³-hybridized carbons (Fsp3) is 0.429. The molecule has 2 aromatic rings. The van der Waals surface area contributed by atoms with Crippen LogP contribution in [0.5, 0.6) is 0 Å². The normalized spacial score (nSPS) is 13.9. The van der Waals surface area contributed by atoms with Crippen molar-refractivity contribution in [2.75, 3.05) is 51.2 Å². The minimum absolute atomic E-state index is 0.0383. The molecule has 0 spiro atoms. The van der Waals surface area contributed by atoms with Gasteiger partial charge in [-0.2, -0.15) is 0 Å². The molecule has 0 bridgehead atoms. The lowest BCUT2D eigenvalue weighted by Gasteiger charge is -2.33. The number of thiazole rings is 1. The van der Waals surface area contributed by atoms with Crippen molar-refractivity contribution in [1.29, 1.82) is 0 Å². The molecule has 0 unspecified atom stereocenters. The summed E-state index contributed by atoms with van der Waals surface area (Å²) in [5.41, 5.74) is 0.582. The molecule has 35 heavy (non-hydrogen) atoms. The largest absolute Gasteiger partial charge is 0.473 e. The first-order valence-electron chi connectivity index (χ1n) is 10.6. The molecule has 1 saturated heterocycles. The van der Waals surface area contributed by atoms with Crippen molar-refractivity contribution in [3.63, 3.8) is 0 Å². The van der Waals surface area contributed by atoms with Gasteiger partial charge in [0.2, 0.25) is 11.7 Å². The number of nitrogens with zero attached hydrogens (tertiary/aromatic N) is 3. The van der Waals surface area contributed by atoms with E-state index < -0.39 is 11.9 Å². The van der Waals surface area contributed by atoms with Crippen LogP contribution in [0.3, 0.4) is 0 Å². The van der Waals surface area contributed by atoms with E-state index in [1.807, 2.05) is 4.90 Å². The minimum atomic E-state index is -1.82. The number of esters is 1. The Hall–Kier alpha value is -3.62. The van der Waals surface area contributed by atoms with Crippen LogP contribution in [0.4, 0.5) is 5.13 Å². The Bertz CT molecular complexity index is 1000. The van der Waals surface area contributed by atoms with Gasteiger partial charge in [-0.1, -0.05) is 0 Å². The summed E-state index contributed by atoms with van der Waals surface area (Å²) in [4.78, 5) is 62.4. The summed E-state index contributed by atoms with van der Waals surface area (Å²) >= 11 is 1.28. The summed E-state index contributed by atoms with van der Waals surface area (Å²) in [5, 5.41) is 19.8. The van der Waals surface area contributed by atoms with Gasteiger partial charge in [-0.15, -0.1) is 11.3 Å². The number of carboxylic acid groups (broad SMARTS) is 2. The van der Waals surface area contributed by atoms with Crippen LogP contribution < -0.4 is 5.32 Å². The molecule has 14 heteroatoms. The van der Waals surface area contributed by atoms with Gasteiger partial charge in [-0.25, -0.2) is 14.6 Å². The van der Waals surface area contributed by atoms with E-state index in [-0.39, 0.29) is 30.6 Å². The third-order valence-corrected chi connectivity index (χ3v) is 5.41. The number of furan rings is 1. The number of ketones is 1. The maximum absolute atomic E-state index is 12.3. The Kier molecular flexibility index (Phi) is 11.0. The Morgan fingerprint density at radius 2 is 1.71 bits per heavy atom. The quantitative estimate of drug-likeness (QED) is 0.241. The number of carboxylic acids is 2. The molecule has 0 aromatic carbocycles. The zero-order valence-corrected chi connectivity index (χ0v) is 19.8. The SMILES string of the molecule is CCOC(=O)Cc1csc(NC(=O)CN2CCN(CC(=O)c3ccco3)CC2)n1.O=C(O)C(=O)O. The van der Waals surface area contributed by atoms with Crippen molar-refractivity contribution in [3.8, 4) is 0 Å². The molecule has 1 aliphatic rings. The standard InChI is InChI=1S/C19H24N4O5S.C2H2O4/c1-2-27-18(26)10-14-13-29-19(20-14)21-17(25)12-23-7-5-22(6-8-23)11-15(24)16-4-3-9-28-16;3-1(4)2(5)6/h3-4,9,13H,2,5-8,10-12H2,1H3,(H,20,21,25);(H,3,4)(H,5,6). The van der Waals surface area contributed by atoms with E-state index in [2.05, 4.69) is 15.2 Å². The Labute approximate surface area is 204 Å². The minimum Gasteiger partial charge on any atom is -0.473 e. The van der Waals surface area contributed by atoms with Gasteiger partial charge < -0.3 is 24.7 Å². The van der Waals surface area contributed by atoms with E-state index in [9.17, 15) is 14.4 Å². The molecule has 0 aliphatic carbocycles. The molecule has 0 saturated carbocycles. The molecule has 3 heterocycles. The first kappa shape index (κ1) is 27.6. The number of hydrogen-bond donors (Lipinski definition) is 3. The van der Waals surface area contributed by atoms with Crippen LogP contribution in [-0.4, -0.2) is 100 Å². The number of aromatic nitrogens is 1. The highest BCUT2D eigenvalue weighted by Crippen LogP contribution is 2.16. The lowest BCUT2D eigenvalue weighted by molar-refractivity contribution is -0.159. The number of ether oxygens (including phenoxy) is 1. The number of nitrogens with one attached hydrogen (secondary N) is 1. The van der Waals surface area contributed by atoms with Crippen molar-refractivity contribution < 1.29 is 43.3 Å². The van der Waals surface area contributed by atoms with Crippen LogP contribution in [0.25, 0.3) is 0 Å². The fourth-order valence-electron chi connectivity index (χ4n) is 2.99. The number of carbonyl (C=O) groups excluding carboxylic acids is 3. The smallest absolute Gasteiger partial charge is 0.414 e. The summed E-state index contributed by atoms with van der Waals surface area (Å²) in [6.45, 7) is 5.47. The molecular weight excluding hydrogens is 484 g/mol.